The first kappa shape index (κ1) is 20.9. The van der Waals surface area contributed by atoms with Crippen molar-refractivity contribution in [3.8, 4) is 17.4 Å². The zero-order valence-electron chi connectivity index (χ0n) is 17.1. The summed E-state index contributed by atoms with van der Waals surface area (Å²) >= 11 is 0. The van der Waals surface area contributed by atoms with Crippen LogP contribution >= 0.6 is 0 Å². The van der Waals surface area contributed by atoms with E-state index in [-0.39, 0.29) is 5.69 Å². The Labute approximate surface area is 181 Å². The zero-order valence-corrected chi connectivity index (χ0v) is 17.1. The molecule has 0 aliphatic rings. The minimum Gasteiger partial charge on any atom is -0.439 e. The van der Waals surface area contributed by atoms with Crippen molar-refractivity contribution in [2.75, 3.05) is 10.6 Å². The van der Waals surface area contributed by atoms with E-state index in [1.807, 2.05) is 19.9 Å². The van der Waals surface area contributed by atoms with Gasteiger partial charge in [-0.15, -0.1) is 0 Å². The maximum Gasteiger partial charge on any atom is 0.323 e. The van der Waals surface area contributed by atoms with E-state index in [1.165, 1.54) is 6.33 Å². The Morgan fingerprint density at radius 2 is 1.59 bits per heavy atom. The molecule has 0 unspecified atom stereocenters. The first-order valence-corrected chi connectivity index (χ1v) is 9.53. The number of benzene rings is 2. The van der Waals surface area contributed by atoms with E-state index in [2.05, 4.69) is 25.7 Å². The summed E-state index contributed by atoms with van der Waals surface area (Å²) in [5.41, 5.74) is 2.26. The number of halogens is 2. The maximum absolute atomic E-state index is 13.2. The maximum atomic E-state index is 13.2. The smallest absolute Gasteiger partial charge is 0.323 e. The summed E-state index contributed by atoms with van der Waals surface area (Å²) in [6.07, 6.45) is 1.39. The quantitative estimate of drug-likeness (QED) is 0.460. The van der Waals surface area contributed by atoms with Crippen molar-refractivity contribution in [3.63, 3.8) is 0 Å². The molecule has 4 aromatic rings. The molecular formula is C22H18F2N6O2. The molecule has 2 heterocycles. The number of nitrogens with zero attached hydrogens (tertiary/aromatic N) is 4. The summed E-state index contributed by atoms with van der Waals surface area (Å²) < 4.78 is 33.9. The van der Waals surface area contributed by atoms with Gasteiger partial charge in [-0.25, -0.2) is 28.2 Å². The van der Waals surface area contributed by atoms with Crippen molar-refractivity contribution in [1.82, 2.24) is 19.7 Å². The number of carbonyl (C=O) groups excluding carboxylic acids is 1. The van der Waals surface area contributed by atoms with Crippen LogP contribution in [0.4, 0.5) is 25.0 Å². The minimum atomic E-state index is -0.785. The van der Waals surface area contributed by atoms with Crippen molar-refractivity contribution in [2.45, 2.75) is 13.8 Å². The summed E-state index contributed by atoms with van der Waals surface area (Å²) in [6.45, 7) is 3.82. The number of amides is 2. The Morgan fingerprint density at radius 1 is 0.906 bits per heavy atom. The third-order valence-corrected chi connectivity index (χ3v) is 4.31. The number of aromatic nitrogens is 4. The Bertz CT molecular complexity index is 1250. The number of hydrogen-bond donors (Lipinski definition) is 2. The molecule has 0 saturated carbocycles. The molecule has 2 amide bonds. The number of aryl methyl sites for hydroxylation is 2. The molecule has 0 fully saturated rings. The standard InChI is InChI=1S/C22H18F2N6O2/c1-13-7-14(2)30(29-13)20-11-21(26-12-25-20)32-19-5-3-17(4-6-19)27-22(31)28-18-9-15(23)8-16(24)10-18/h3-12H,1-2H3,(H2,27,28,31). The predicted octanol–water partition coefficient (Wildman–Crippen LogP) is 4.99. The highest BCUT2D eigenvalue weighted by molar-refractivity contribution is 5.99. The molecule has 0 saturated heterocycles. The molecule has 2 aromatic carbocycles. The fourth-order valence-corrected chi connectivity index (χ4v) is 3.01. The Balaban J connectivity index is 1.40. The monoisotopic (exact) mass is 436 g/mol. The summed E-state index contributed by atoms with van der Waals surface area (Å²) in [7, 11) is 0. The van der Waals surface area contributed by atoms with E-state index in [0.717, 1.165) is 29.6 Å². The molecule has 32 heavy (non-hydrogen) atoms. The Kier molecular flexibility index (Phi) is 5.75. The van der Waals surface area contributed by atoms with E-state index in [9.17, 15) is 13.6 Å². The van der Waals surface area contributed by atoms with Crippen LogP contribution in [-0.2, 0) is 0 Å². The number of rotatable bonds is 5. The molecule has 2 N–H and O–H groups in total. The fraction of sp³-hybridized carbons (Fsp3) is 0.0909. The van der Waals surface area contributed by atoms with Crippen molar-refractivity contribution in [2.24, 2.45) is 0 Å². The number of nitrogens with one attached hydrogen (secondary N) is 2. The van der Waals surface area contributed by atoms with E-state index in [4.69, 9.17) is 4.74 Å². The van der Waals surface area contributed by atoms with Crippen LogP contribution < -0.4 is 15.4 Å². The topological polar surface area (TPSA) is 94.0 Å². The molecule has 162 valence electrons. The molecule has 0 aliphatic carbocycles. The van der Waals surface area contributed by atoms with Gasteiger partial charge in [0.15, 0.2) is 5.82 Å². The van der Waals surface area contributed by atoms with Crippen molar-refractivity contribution in [1.29, 1.82) is 0 Å². The second kappa shape index (κ2) is 8.80. The van der Waals surface area contributed by atoms with Crippen LogP contribution in [0.2, 0.25) is 0 Å². The van der Waals surface area contributed by atoms with Crippen LogP contribution in [0, 0.1) is 25.5 Å². The van der Waals surface area contributed by atoms with Crippen LogP contribution in [0.1, 0.15) is 11.4 Å². The SMILES string of the molecule is Cc1cc(C)n(-c2cc(Oc3ccc(NC(=O)Nc4cc(F)cc(F)c4)cc3)ncn2)n1. The van der Waals surface area contributed by atoms with E-state index >= 15 is 0 Å². The average molecular weight is 436 g/mol. The van der Waals surface area contributed by atoms with Crippen LogP contribution in [0.15, 0.2) is 60.9 Å². The van der Waals surface area contributed by atoms with Gasteiger partial charge in [-0.05, 0) is 56.3 Å². The van der Waals surface area contributed by atoms with Gasteiger partial charge in [0.2, 0.25) is 5.88 Å². The summed E-state index contributed by atoms with van der Waals surface area (Å²) in [5, 5.41) is 9.33. The molecule has 0 spiro atoms. The second-order valence-corrected chi connectivity index (χ2v) is 6.92. The average Bonchev–Trinajstić information content (AvgIpc) is 3.07. The number of carbonyl (C=O) groups is 1. The summed E-state index contributed by atoms with van der Waals surface area (Å²) in [4.78, 5) is 20.4. The lowest BCUT2D eigenvalue weighted by atomic mass is 10.3. The lowest BCUT2D eigenvalue weighted by Crippen LogP contribution is -2.19. The molecule has 0 aliphatic heterocycles. The van der Waals surface area contributed by atoms with Gasteiger partial charge in [-0.3, -0.25) is 0 Å². The summed E-state index contributed by atoms with van der Waals surface area (Å²) in [5.74, 6) is -0.181. The first-order chi connectivity index (χ1) is 15.4. The van der Waals surface area contributed by atoms with Gasteiger partial charge < -0.3 is 15.4 Å². The molecule has 0 atom stereocenters. The number of hydrogen-bond acceptors (Lipinski definition) is 5. The third-order valence-electron chi connectivity index (χ3n) is 4.31. The minimum absolute atomic E-state index is 0.00197. The number of urea groups is 1. The van der Waals surface area contributed by atoms with E-state index < -0.39 is 17.7 Å². The molecule has 0 radical (unpaired) electrons. The van der Waals surface area contributed by atoms with Gasteiger partial charge in [-0.1, -0.05) is 0 Å². The van der Waals surface area contributed by atoms with Crippen molar-refractivity contribution in [3.05, 3.63) is 83.9 Å². The molecular weight excluding hydrogens is 418 g/mol. The van der Waals surface area contributed by atoms with Crippen LogP contribution in [0.3, 0.4) is 0 Å². The van der Waals surface area contributed by atoms with Crippen LogP contribution in [0.25, 0.3) is 5.82 Å². The largest absolute Gasteiger partial charge is 0.439 e. The van der Waals surface area contributed by atoms with Gasteiger partial charge in [0.1, 0.15) is 23.7 Å². The zero-order chi connectivity index (χ0) is 22.7. The van der Waals surface area contributed by atoms with E-state index in [0.29, 0.717) is 23.1 Å². The Hall–Kier alpha value is -4.34. The molecule has 10 heteroatoms. The van der Waals surface area contributed by atoms with E-state index in [1.54, 1.807) is 35.0 Å². The van der Waals surface area contributed by atoms with Gasteiger partial charge in [-0.2, -0.15) is 5.10 Å². The Morgan fingerprint density at radius 3 is 2.25 bits per heavy atom. The lowest BCUT2D eigenvalue weighted by molar-refractivity contribution is 0.262. The van der Waals surface area contributed by atoms with Gasteiger partial charge >= 0.3 is 6.03 Å². The molecule has 2 aromatic heterocycles. The third kappa shape index (κ3) is 5.04. The molecule has 8 nitrogen and oxygen atoms in total. The fourth-order valence-electron chi connectivity index (χ4n) is 3.01. The van der Waals surface area contributed by atoms with Crippen molar-refractivity contribution < 1.29 is 18.3 Å². The van der Waals surface area contributed by atoms with Gasteiger partial charge in [0.25, 0.3) is 0 Å². The highest BCUT2D eigenvalue weighted by Crippen LogP contribution is 2.23. The normalized spacial score (nSPS) is 10.6. The van der Waals surface area contributed by atoms with Crippen LogP contribution in [0.5, 0.6) is 11.6 Å². The van der Waals surface area contributed by atoms with Gasteiger partial charge in [0.05, 0.1) is 5.69 Å². The van der Waals surface area contributed by atoms with Crippen molar-refractivity contribution >= 4 is 17.4 Å². The second-order valence-electron chi connectivity index (χ2n) is 6.92. The highest BCUT2D eigenvalue weighted by Gasteiger charge is 2.09. The number of anilines is 2. The number of ether oxygens (including phenoxy) is 1. The molecule has 4 rings (SSSR count). The highest BCUT2D eigenvalue weighted by atomic mass is 19.1. The van der Waals surface area contributed by atoms with Gasteiger partial charge in [0, 0.05) is 29.2 Å². The predicted molar refractivity (Wildman–Crippen MR) is 114 cm³/mol. The lowest BCUT2D eigenvalue weighted by Gasteiger charge is -2.10. The van der Waals surface area contributed by atoms with Crippen LogP contribution in [-0.4, -0.2) is 25.8 Å². The molecule has 0 bridgehead atoms. The summed E-state index contributed by atoms with van der Waals surface area (Å²) in [6, 6.07) is 12.2. The first-order valence-electron chi connectivity index (χ1n) is 9.53.